The predicted octanol–water partition coefficient (Wildman–Crippen LogP) is 1.90. The Labute approximate surface area is 106 Å². The highest BCUT2D eigenvalue weighted by atomic mass is 15.3. The SMILES string of the molecule is CCc1nn(C)cc1-c1nc(N)cc(C2CC2)n1. The van der Waals surface area contributed by atoms with Gasteiger partial charge in [0.2, 0.25) is 0 Å². The number of rotatable bonds is 3. The second-order valence-electron chi connectivity index (χ2n) is 4.83. The highest BCUT2D eigenvalue weighted by Crippen LogP contribution is 2.40. The van der Waals surface area contributed by atoms with Crippen LogP contribution in [0.15, 0.2) is 12.3 Å². The first-order chi connectivity index (χ1) is 8.67. The van der Waals surface area contributed by atoms with Crippen LogP contribution in [0.1, 0.15) is 37.1 Å². The third-order valence-electron chi connectivity index (χ3n) is 3.24. The first kappa shape index (κ1) is 11.2. The van der Waals surface area contributed by atoms with Crippen LogP contribution in [0.2, 0.25) is 0 Å². The van der Waals surface area contributed by atoms with Crippen molar-refractivity contribution in [2.45, 2.75) is 32.1 Å². The fourth-order valence-corrected chi connectivity index (χ4v) is 2.18. The molecule has 5 heteroatoms. The number of hydrogen-bond acceptors (Lipinski definition) is 4. The van der Waals surface area contributed by atoms with Crippen LogP contribution in [0.3, 0.4) is 0 Å². The van der Waals surface area contributed by atoms with Gasteiger partial charge in [-0.1, -0.05) is 6.92 Å². The van der Waals surface area contributed by atoms with Gasteiger partial charge in [0.05, 0.1) is 11.3 Å². The van der Waals surface area contributed by atoms with E-state index in [9.17, 15) is 0 Å². The number of aromatic nitrogens is 4. The minimum Gasteiger partial charge on any atom is -0.384 e. The molecule has 1 aliphatic carbocycles. The fraction of sp³-hybridized carbons (Fsp3) is 0.462. The van der Waals surface area contributed by atoms with Crippen LogP contribution in [-0.2, 0) is 13.5 Å². The third-order valence-corrected chi connectivity index (χ3v) is 3.24. The summed E-state index contributed by atoms with van der Waals surface area (Å²) in [4.78, 5) is 8.99. The molecule has 0 atom stereocenters. The van der Waals surface area contributed by atoms with Gasteiger partial charge in [0.25, 0.3) is 0 Å². The van der Waals surface area contributed by atoms with E-state index >= 15 is 0 Å². The Balaban J connectivity index is 2.09. The minimum atomic E-state index is 0.549. The third kappa shape index (κ3) is 1.96. The smallest absolute Gasteiger partial charge is 0.165 e. The topological polar surface area (TPSA) is 69.6 Å². The second-order valence-corrected chi connectivity index (χ2v) is 4.83. The highest BCUT2D eigenvalue weighted by molar-refractivity contribution is 5.59. The van der Waals surface area contributed by atoms with E-state index in [2.05, 4.69) is 22.0 Å². The molecule has 2 heterocycles. The van der Waals surface area contributed by atoms with E-state index < -0.39 is 0 Å². The molecule has 0 saturated heterocycles. The zero-order valence-electron chi connectivity index (χ0n) is 10.7. The van der Waals surface area contributed by atoms with Crippen LogP contribution in [0, 0.1) is 0 Å². The van der Waals surface area contributed by atoms with Crippen molar-refractivity contribution in [2.75, 3.05) is 5.73 Å². The standard InChI is InChI=1S/C13H17N5/c1-3-10-9(7-18(2)17-10)13-15-11(8-4-5-8)6-12(14)16-13/h6-8H,3-5H2,1-2H3,(H2,14,15,16). The normalized spacial score (nSPS) is 15.0. The fourth-order valence-electron chi connectivity index (χ4n) is 2.18. The molecule has 0 radical (unpaired) electrons. The highest BCUT2D eigenvalue weighted by Gasteiger charge is 2.26. The zero-order chi connectivity index (χ0) is 12.7. The molecule has 5 nitrogen and oxygen atoms in total. The maximum atomic E-state index is 5.88. The molecule has 0 aliphatic heterocycles. The number of hydrogen-bond donors (Lipinski definition) is 1. The van der Waals surface area contributed by atoms with Crippen LogP contribution >= 0.6 is 0 Å². The summed E-state index contributed by atoms with van der Waals surface area (Å²) in [5.41, 5.74) is 8.97. The quantitative estimate of drug-likeness (QED) is 0.893. The molecular weight excluding hydrogens is 226 g/mol. The molecule has 0 aromatic carbocycles. The Bertz CT molecular complexity index is 583. The van der Waals surface area contributed by atoms with Crippen LogP contribution < -0.4 is 5.73 Å². The van der Waals surface area contributed by atoms with Gasteiger partial charge in [-0.25, -0.2) is 9.97 Å². The molecule has 1 aliphatic rings. The number of aryl methyl sites for hydroxylation is 2. The van der Waals surface area contributed by atoms with E-state index in [4.69, 9.17) is 5.73 Å². The average molecular weight is 243 g/mol. The molecule has 0 bridgehead atoms. The summed E-state index contributed by atoms with van der Waals surface area (Å²) in [6, 6.07) is 1.89. The number of nitrogens with two attached hydrogens (primary N) is 1. The molecule has 3 rings (SSSR count). The van der Waals surface area contributed by atoms with Crippen molar-refractivity contribution in [2.24, 2.45) is 7.05 Å². The van der Waals surface area contributed by atoms with E-state index in [1.165, 1.54) is 12.8 Å². The van der Waals surface area contributed by atoms with Gasteiger partial charge in [0.15, 0.2) is 5.82 Å². The zero-order valence-corrected chi connectivity index (χ0v) is 10.7. The number of nitrogens with zero attached hydrogens (tertiary/aromatic N) is 4. The Morgan fingerprint density at radius 2 is 2.17 bits per heavy atom. The molecule has 2 N–H and O–H groups in total. The van der Waals surface area contributed by atoms with E-state index in [1.807, 2.05) is 19.3 Å². The molecule has 0 unspecified atom stereocenters. The van der Waals surface area contributed by atoms with Crippen molar-refractivity contribution in [1.29, 1.82) is 0 Å². The Morgan fingerprint density at radius 3 is 2.83 bits per heavy atom. The Kier molecular flexibility index (Phi) is 2.54. The van der Waals surface area contributed by atoms with Gasteiger partial charge < -0.3 is 5.73 Å². The largest absolute Gasteiger partial charge is 0.384 e. The van der Waals surface area contributed by atoms with Gasteiger partial charge in [-0.2, -0.15) is 5.10 Å². The lowest BCUT2D eigenvalue weighted by molar-refractivity contribution is 0.746. The second kappa shape index (κ2) is 4.08. The molecule has 2 aromatic heterocycles. The van der Waals surface area contributed by atoms with Crippen molar-refractivity contribution in [3.63, 3.8) is 0 Å². The van der Waals surface area contributed by atoms with Gasteiger partial charge in [-0.3, -0.25) is 4.68 Å². The summed E-state index contributed by atoms with van der Waals surface area (Å²) in [6.07, 6.45) is 5.25. The average Bonchev–Trinajstić information content (AvgIpc) is 3.11. The van der Waals surface area contributed by atoms with E-state index in [1.54, 1.807) is 4.68 Å². The lowest BCUT2D eigenvalue weighted by atomic mass is 10.2. The van der Waals surface area contributed by atoms with Gasteiger partial charge in [0, 0.05) is 30.9 Å². The lowest BCUT2D eigenvalue weighted by Crippen LogP contribution is -2.00. The van der Waals surface area contributed by atoms with E-state index in [0.717, 1.165) is 23.4 Å². The van der Waals surface area contributed by atoms with Gasteiger partial charge in [0.1, 0.15) is 5.82 Å². The lowest BCUT2D eigenvalue weighted by Gasteiger charge is -2.04. The van der Waals surface area contributed by atoms with Crippen LogP contribution in [-0.4, -0.2) is 19.7 Å². The summed E-state index contributed by atoms with van der Waals surface area (Å²) < 4.78 is 1.80. The number of anilines is 1. The first-order valence-electron chi connectivity index (χ1n) is 6.34. The van der Waals surface area contributed by atoms with Crippen molar-refractivity contribution >= 4 is 5.82 Å². The van der Waals surface area contributed by atoms with Crippen molar-refractivity contribution in [3.05, 3.63) is 23.7 Å². The van der Waals surface area contributed by atoms with Crippen molar-refractivity contribution in [3.8, 4) is 11.4 Å². The molecule has 1 fully saturated rings. The summed E-state index contributed by atoms with van der Waals surface area (Å²) in [5, 5.41) is 4.42. The van der Waals surface area contributed by atoms with Crippen molar-refractivity contribution in [1.82, 2.24) is 19.7 Å². The summed E-state index contributed by atoms with van der Waals surface area (Å²) in [7, 11) is 1.91. The maximum Gasteiger partial charge on any atom is 0.165 e. The molecule has 0 spiro atoms. The van der Waals surface area contributed by atoms with Crippen LogP contribution in [0.5, 0.6) is 0 Å². The molecule has 0 amide bonds. The van der Waals surface area contributed by atoms with E-state index in [0.29, 0.717) is 17.6 Å². The molecular formula is C13H17N5. The first-order valence-corrected chi connectivity index (χ1v) is 6.34. The van der Waals surface area contributed by atoms with Gasteiger partial charge in [-0.15, -0.1) is 0 Å². The summed E-state index contributed by atoms with van der Waals surface area (Å²) in [5.74, 6) is 1.84. The van der Waals surface area contributed by atoms with Gasteiger partial charge in [-0.05, 0) is 19.3 Å². The molecule has 2 aromatic rings. The molecule has 18 heavy (non-hydrogen) atoms. The summed E-state index contributed by atoms with van der Waals surface area (Å²) in [6.45, 7) is 2.08. The van der Waals surface area contributed by atoms with Crippen LogP contribution in [0.25, 0.3) is 11.4 Å². The van der Waals surface area contributed by atoms with E-state index in [-0.39, 0.29) is 0 Å². The predicted molar refractivity (Wildman–Crippen MR) is 70.0 cm³/mol. The summed E-state index contributed by atoms with van der Waals surface area (Å²) >= 11 is 0. The van der Waals surface area contributed by atoms with Crippen LogP contribution in [0.4, 0.5) is 5.82 Å². The Hall–Kier alpha value is -1.91. The maximum absolute atomic E-state index is 5.88. The van der Waals surface area contributed by atoms with Crippen molar-refractivity contribution < 1.29 is 0 Å². The van der Waals surface area contributed by atoms with Gasteiger partial charge >= 0.3 is 0 Å². The minimum absolute atomic E-state index is 0.549. The monoisotopic (exact) mass is 243 g/mol. The molecule has 94 valence electrons. The Morgan fingerprint density at radius 1 is 1.39 bits per heavy atom. The number of nitrogen functional groups attached to an aromatic ring is 1. The molecule has 1 saturated carbocycles.